The molecule has 2 aromatic heterocycles. The van der Waals surface area contributed by atoms with Gasteiger partial charge < -0.3 is 5.32 Å². The molecule has 0 radical (unpaired) electrons. The van der Waals surface area contributed by atoms with Gasteiger partial charge in [-0.2, -0.15) is 0 Å². The maximum atomic E-state index is 12.3. The zero-order valence-electron chi connectivity index (χ0n) is 12.2. The largest absolute Gasteiger partial charge is 0.351 e. The molecule has 20 heavy (non-hydrogen) atoms. The summed E-state index contributed by atoms with van der Waals surface area (Å²) in [6.07, 6.45) is 1.99. The molecule has 0 aliphatic rings. The number of aryl methyl sites for hydroxylation is 2. The van der Waals surface area contributed by atoms with Gasteiger partial charge in [0.05, 0.1) is 10.3 Å². The van der Waals surface area contributed by atoms with Crippen molar-refractivity contribution in [2.24, 2.45) is 7.05 Å². The van der Waals surface area contributed by atoms with Gasteiger partial charge in [-0.05, 0) is 25.8 Å². The molecule has 1 amide bonds. The van der Waals surface area contributed by atoms with Crippen molar-refractivity contribution < 1.29 is 4.79 Å². The molecule has 0 saturated carbocycles. The van der Waals surface area contributed by atoms with E-state index in [4.69, 9.17) is 0 Å². The molecule has 2 heterocycles. The van der Waals surface area contributed by atoms with Gasteiger partial charge in [0.2, 0.25) is 0 Å². The average molecular weight is 293 g/mol. The Bertz CT molecular complexity index is 715. The van der Waals surface area contributed by atoms with Crippen LogP contribution in [0.15, 0.2) is 4.79 Å². The molecule has 0 saturated heterocycles. The molecular weight excluding hydrogens is 274 g/mol. The molecule has 0 spiro atoms. The van der Waals surface area contributed by atoms with Gasteiger partial charge in [-0.1, -0.05) is 13.3 Å². The standard InChI is InChI=1S/C14H19N3O2S/c1-5-6-7-15-12(18)11-8(2)10-13(20-11)16-9(3)17(4)14(10)19/h5-7H2,1-4H3,(H,15,18). The normalized spacial score (nSPS) is 11.0. The molecule has 0 aliphatic carbocycles. The molecule has 0 atom stereocenters. The van der Waals surface area contributed by atoms with E-state index in [1.807, 2.05) is 6.92 Å². The fourth-order valence-corrected chi connectivity index (χ4v) is 3.17. The third-order valence-electron chi connectivity index (χ3n) is 3.42. The van der Waals surface area contributed by atoms with E-state index >= 15 is 0 Å². The zero-order chi connectivity index (χ0) is 14.9. The Morgan fingerprint density at radius 1 is 1.40 bits per heavy atom. The quantitative estimate of drug-likeness (QED) is 0.878. The third-order valence-corrected chi connectivity index (χ3v) is 4.60. The van der Waals surface area contributed by atoms with Crippen molar-refractivity contribution >= 4 is 27.5 Å². The minimum Gasteiger partial charge on any atom is -0.351 e. The van der Waals surface area contributed by atoms with E-state index in [9.17, 15) is 9.59 Å². The maximum absolute atomic E-state index is 12.3. The summed E-state index contributed by atoms with van der Waals surface area (Å²) in [4.78, 5) is 30.0. The summed E-state index contributed by atoms with van der Waals surface area (Å²) in [5, 5.41) is 3.44. The van der Waals surface area contributed by atoms with E-state index in [2.05, 4.69) is 17.2 Å². The number of nitrogens with one attached hydrogen (secondary N) is 1. The number of hydrogen-bond acceptors (Lipinski definition) is 4. The summed E-state index contributed by atoms with van der Waals surface area (Å²) in [5.41, 5.74) is 0.640. The van der Waals surface area contributed by atoms with Crippen LogP contribution in [0.25, 0.3) is 10.2 Å². The van der Waals surface area contributed by atoms with Crippen LogP contribution in [0.1, 0.15) is 40.8 Å². The first-order chi connectivity index (χ1) is 9.47. The lowest BCUT2D eigenvalue weighted by Crippen LogP contribution is -2.24. The van der Waals surface area contributed by atoms with Crippen LogP contribution in [0.5, 0.6) is 0 Å². The summed E-state index contributed by atoms with van der Waals surface area (Å²) < 4.78 is 1.51. The van der Waals surface area contributed by atoms with Gasteiger partial charge in [0.25, 0.3) is 11.5 Å². The number of fused-ring (bicyclic) bond motifs is 1. The average Bonchev–Trinajstić information content (AvgIpc) is 2.73. The summed E-state index contributed by atoms with van der Waals surface area (Å²) in [6, 6.07) is 0. The minimum absolute atomic E-state index is 0.0890. The first-order valence-corrected chi connectivity index (χ1v) is 7.54. The predicted octanol–water partition coefficient (Wildman–Crippen LogP) is 2.14. The lowest BCUT2D eigenvalue weighted by Gasteiger charge is -2.03. The summed E-state index contributed by atoms with van der Waals surface area (Å²) in [6.45, 7) is 6.34. The predicted molar refractivity (Wildman–Crippen MR) is 81.6 cm³/mol. The minimum atomic E-state index is -0.112. The topological polar surface area (TPSA) is 64.0 Å². The van der Waals surface area contributed by atoms with Crippen LogP contribution >= 0.6 is 11.3 Å². The number of rotatable bonds is 4. The molecule has 0 bridgehead atoms. The Labute approximate surface area is 121 Å². The van der Waals surface area contributed by atoms with Crippen LogP contribution in [0.2, 0.25) is 0 Å². The molecule has 1 N–H and O–H groups in total. The highest BCUT2D eigenvalue weighted by atomic mass is 32.1. The van der Waals surface area contributed by atoms with Crippen molar-refractivity contribution in [3.63, 3.8) is 0 Å². The van der Waals surface area contributed by atoms with Gasteiger partial charge in [-0.15, -0.1) is 11.3 Å². The lowest BCUT2D eigenvalue weighted by molar-refractivity contribution is 0.0957. The highest BCUT2D eigenvalue weighted by Crippen LogP contribution is 2.27. The highest BCUT2D eigenvalue weighted by molar-refractivity contribution is 7.20. The van der Waals surface area contributed by atoms with Crippen molar-refractivity contribution in [1.29, 1.82) is 0 Å². The van der Waals surface area contributed by atoms with E-state index < -0.39 is 0 Å². The molecule has 0 fully saturated rings. The molecule has 0 aliphatic heterocycles. The first kappa shape index (κ1) is 14.7. The maximum Gasteiger partial charge on any atom is 0.262 e. The number of amides is 1. The van der Waals surface area contributed by atoms with E-state index in [0.29, 0.717) is 27.5 Å². The van der Waals surface area contributed by atoms with E-state index in [1.165, 1.54) is 15.9 Å². The Hall–Kier alpha value is -1.69. The van der Waals surface area contributed by atoms with Crippen LogP contribution < -0.4 is 10.9 Å². The number of carbonyl (C=O) groups excluding carboxylic acids is 1. The monoisotopic (exact) mass is 293 g/mol. The van der Waals surface area contributed by atoms with Crippen molar-refractivity contribution in [2.75, 3.05) is 6.54 Å². The zero-order valence-corrected chi connectivity index (χ0v) is 13.1. The second-order valence-corrected chi connectivity index (χ2v) is 5.87. The van der Waals surface area contributed by atoms with Crippen LogP contribution in [-0.2, 0) is 7.05 Å². The summed E-state index contributed by atoms with van der Waals surface area (Å²) in [5.74, 6) is 0.542. The van der Waals surface area contributed by atoms with Crippen LogP contribution in [0.3, 0.4) is 0 Å². The van der Waals surface area contributed by atoms with Gasteiger partial charge in [0, 0.05) is 13.6 Å². The van der Waals surface area contributed by atoms with E-state index in [0.717, 1.165) is 18.4 Å². The second-order valence-electron chi connectivity index (χ2n) is 4.87. The Morgan fingerprint density at radius 2 is 2.10 bits per heavy atom. The van der Waals surface area contributed by atoms with Crippen LogP contribution in [0.4, 0.5) is 0 Å². The molecule has 0 unspecified atom stereocenters. The summed E-state index contributed by atoms with van der Waals surface area (Å²) in [7, 11) is 1.70. The van der Waals surface area contributed by atoms with Gasteiger partial charge in [-0.25, -0.2) is 4.98 Å². The number of unbranched alkanes of at least 4 members (excludes halogenated alkanes) is 1. The van der Waals surface area contributed by atoms with Crippen LogP contribution in [-0.4, -0.2) is 22.0 Å². The van der Waals surface area contributed by atoms with Gasteiger partial charge >= 0.3 is 0 Å². The number of thiophene rings is 1. The fraction of sp³-hybridized carbons (Fsp3) is 0.500. The third kappa shape index (κ3) is 2.47. The molecule has 6 heteroatoms. The van der Waals surface area contributed by atoms with Gasteiger partial charge in [-0.3, -0.25) is 14.2 Å². The second kappa shape index (κ2) is 5.75. The Morgan fingerprint density at radius 3 is 2.75 bits per heavy atom. The SMILES string of the molecule is CCCCNC(=O)c1sc2nc(C)n(C)c(=O)c2c1C. The number of hydrogen-bond donors (Lipinski definition) is 1. The first-order valence-electron chi connectivity index (χ1n) is 6.72. The van der Waals surface area contributed by atoms with Crippen molar-refractivity contribution in [3.05, 3.63) is 26.6 Å². The number of aromatic nitrogens is 2. The molecular formula is C14H19N3O2S. The Balaban J connectivity index is 2.47. The Kier molecular flexibility index (Phi) is 4.23. The smallest absolute Gasteiger partial charge is 0.262 e. The number of nitrogens with zero attached hydrogens (tertiary/aromatic N) is 2. The van der Waals surface area contributed by atoms with Crippen molar-refractivity contribution in [3.8, 4) is 0 Å². The number of carbonyl (C=O) groups is 1. The van der Waals surface area contributed by atoms with Gasteiger partial charge in [0.15, 0.2) is 0 Å². The molecule has 108 valence electrons. The molecule has 2 rings (SSSR count). The van der Waals surface area contributed by atoms with Crippen molar-refractivity contribution in [1.82, 2.24) is 14.9 Å². The highest BCUT2D eigenvalue weighted by Gasteiger charge is 2.19. The molecule has 5 nitrogen and oxygen atoms in total. The van der Waals surface area contributed by atoms with E-state index in [-0.39, 0.29) is 11.5 Å². The van der Waals surface area contributed by atoms with Gasteiger partial charge in [0.1, 0.15) is 10.7 Å². The fourth-order valence-electron chi connectivity index (χ4n) is 2.04. The van der Waals surface area contributed by atoms with E-state index in [1.54, 1.807) is 14.0 Å². The molecule has 2 aromatic rings. The summed E-state index contributed by atoms with van der Waals surface area (Å²) >= 11 is 1.29. The lowest BCUT2D eigenvalue weighted by atomic mass is 10.2. The molecule has 0 aromatic carbocycles. The van der Waals surface area contributed by atoms with Crippen molar-refractivity contribution in [2.45, 2.75) is 33.6 Å². The van der Waals surface area contributed by atoms with Crippen LogP contribution in [0, 0.1) is 13.8 Å².